The minimum absolute atomic E-state index is 0.161. The van der Waals surface area contributed by atoms with Crippen molar-refractivity contribution in [1.82, 2.24) is 15.0 Å². The summed E-state index contributed by atoms with van der Waals surface area (Å²) in [7, 11) is 0. The van der Waals surface area contributed by atoms with Crippen LogP contribution in [0.2, 0.25) is 0 Å². The van der Waals surface area contributed by atoms with Crippen molar-refractivity contribution in [3.05, 3.63) is 65.5 Å². The number of fused-ring (bicyclic) bond motifs is 1. The first-order valence-corrected chi connectivity index (χ1v) is 11.3. The summed E-state index contributed by atoms with van der Waals surface area (Å²) in [5, 5.41) is 16.7. The standard InChI is InChI=1S/C25H29N3O3/c29-21-8-4-12-28(17-21)25(30)24-15-23(26-31-24)19-10-13-27(14-11-19)16-20-7-3-6-18-5-1-2-9-22(18)20/h1-3,5-7,9,15,19,21,29H,4,8,10-14,16-17H2/t21-/m1/s1. The van der Waals surface area contributed by atoms with Crippen LogP contribution < -0.4 is 0 Å². The van der Waals surface area contributed by atoms with Gasteiger partial charge in [0.2, 0.25) is 5.76 Å². The van der Waals surface area contributed by atoms with Crippen LogP contribution in [0.15, 0.2) is 53.1 Å². The van der Waals surface area contributed by atoms with Gasteiger partial charge in [-0.05, 0) is 55.1 Å². The van der Waals surface area contributed by atoms with Crippen LogP contribution in [-0.2, 0) is 6.54 Å². The Labute approximate surface area is 182 Å². The molecule has 0 aliphatic carbocycles. The Bertz CT molecular complexity index is 1050. The van der Waals surface area contributed by atoms with Gasteiger partial charge in [-0.1, -0.05) is 47.6 Å². The molecular weight excluding hydrogens is 390 g/mol. The lowest BCUT2D eigenvalue weighted by Gasteiger charge is -2.31. The monoisotopic (exact) mass is 419 g/mol. The number of aliphatic hydroxyl groups is 1. The average molecular weight is 420 g/mol. The molecule has 0 radical (unpaired) electrons. The summed E-state index contributed by atoms with van der Waals surface area (Å²) in [5.41, 5.74) is 2.25. The van der Waals surface area contributed by atoms with E-state index in [2.05, 4.69) is 52.5 Å². The molecular formula is C25H29N3O3. The Kier molecular flexibility index (Phi) is 5.74. The highest BCUT2D eigenvalue weighted by Crippen LogP contribution is 2.30. The third-order valence-electron chi connectivity index (χ3n) is 6.70. The van der Waals surface area contributed by atoms with Crippen LogP contribution >= 0.6 is 0 Å². The normalized spacial score (nSPS) is 20.9. The summed E-state index contributed by atoms with van der Waals surface area (Å²) in [6.07, 6.45) is 3.15. The number of carbonyl (C=O) groups excluding carboxylic acids is 1. The number of piperidine rings is 2. The first-order valence-electron chi connectivity index (χ1n) is 11.3. The number of likely N-dealkylation sites (tertiary alicyclic amines) is 2. The van der Waals surface area contributed by atoms with E-state index in [0.717, 1.165) is 51.0 Å². The van der Waals surface area contributed by atoms with E-state index in [1.165, 1.54) is 16.3 Å². The third-order valence-corrected chi connectivity index (χ3v) is 6.70. The van der Waals surface area contributed by atoms with E-state index < -0.39 is 6.10 Å². The molecule has 2 saturated heterocycles. The second-order valence-corrected chi connectivity index (χ2v) is 8.85. The highest BCUT2D eigenvalue weighted by Gasteiger charge is 2.28. The molecule has 6 heteroatoms. The van der Waals surface area contributed by atoms with Gasteiger partial charge in [0, 0.05) is 31.6 Å². The molecule has 2 aliphatic heterocycles. The Morgan fingerprint density at radius 2 is 1.87 bits per heavy atom. The predicted molar refractivity (Wildman–Crippen MR) is 119 cm³/mol. The van der Waals surface area contributed by atoms with Gasteiger partial charge in [0.1, 0.15) is 0 Å². The van der Waals surface area contributed by atoms with Crippen molar-refractivity contribution >= 4 is 16.7 Å². The molecule has 3 heterocycles. The van der Waals surface area contributed by atoms with Crippen molar-refractivity contribution in [2.24, 2.45) is 0 Å². The molecule has 2 aromatic carbocycles. The van der Waals surface area contributed by atoms with Gasteiger partial charge in [0.25, 0.3) is 5.91 Å². The van der Waals surface area contributed by atoms with E-state index in [1.54, 1.807) is 4.90 Å². The molecule has 31 heavy (non-hydrogen) atoms. The van der Waals surface area contributed by atoms with E-state index in [4.69, 9.17) is 4.52 Å². The summed E-state index contributed by atoms with van der Waals surface area (Å²) >= 11 is 0. The fraction of sp³-hybridized carbons (Fsp3) is 0.440. The molecule has 1 N–H and O–H groups in total. The maximum absolute atomic E-state index is 12.7. The summed E-state index contributed by atoms with van der Waals surface area (Å²) in [6.45, 7) is 4.00. The first-order chi connectivity index (χ1) is 15.2. The number of aliphatic hydroxyl groups excluding tert-OH is 1. The zero-order valence-corrected chi connectivity index (χ0v) is 17.7. The van der Waals surface area contributed by atoms with Crippen molar-refractivity contribution in [3.63, 3.8) is 0 Å². The number of carbonyl (C=O) groups is 1. The summed E-state index contributed by atoms with van der Waals surface area (Å²) in [5.74, 6) is 0.453. The maximum Gasteiger partial charge on any atom is 0.292 e. The van der Waals surface area contributed by atoms with Gasteiger partial charge < -0.3 is 14.5 Å². The molecule has 3 aromatic rings. The number of hydrogen-bond acceptors (Lipinski definition) is 5. The Balaban J connectivity index is 1.20. The lowest BCUT2D eigenvalue weighted by atomic mass is 9.93. The second-order valence-electron chi connectivity index (χ2n) is 8.85. The van der Waals surface area contributed by atoms with E-state index in [0.29, 0.717) is 24.8 Å². The zero-order chi connectivity index (χ0) is 21.2. The van der Waals surface area contributed by atoms with Gasteiger partial charge >= 0.3 is 0 Å². The lowest BCUT2D eigenvalue weighted by Crippen LogP contribution is -2.42. The van der Waals surface area contributed by atoms with Crippen LogP contribution in [0.1, 0.15) is 53.4 Å². The first kappa shape index (κ1) is 20.2. The SMILES string of the molecule is O=C(c1cc(C2CCN(Cc3cccc4ccccc34)CC2)no1)N1CCC[C@@H](O)C1. The molecule has 2 aliphatic rings. The summed E-state index contributed by atoms with van der Waals surface area (Å²) in [4.78, 5) is 16.8. The van der Waals surface area contributed by atoms with Crippen LogP contribution in [0.4, 0.5) is 0 Å². The van der Waals surface area contributed by atoms with Crippen LogP contribution in [0.3, 0.4) is 0 Å². The maximum atomic E-state index is 12.7. The number of aromatic nitrogens is 1. The van der Waals surface area contributed by atoms with Crippen molar-refractivity contribution < 1.29 is 14.4 Å². The zero-order valence-electron chi connectivity index (χ0n) is 17.7. The molecule has 0 unspecified atom stereocenters. The summed E-state index contributed by atoms with van der Waals surface area (Å²) in [6, 6.07) is 16.9. The predicted octanol–water partition coefficient (Wildman–Crippen LogP) is 3.80. The Morgan fingerprint density at radius 3 is 2.71 bits per heavy atom. The molecule has 1 atom stereocenters. The van der Waals surface area contributed by atoms with E-state index in [1.807, 2.05) is 6.07 Å². The number of β-amino-alcohol motifs (C(OH)–C–C–N with tert-alkyl or cyclic N) is 1. The van der Waals surface area contributed by atoms with E-state index in [-0.39, 0.29) is 5.91 Å². The quantitative estimate of drug-likeness (QED) is 0.697. The van der Waals surface area contributed by atoms with Gasteiger partial charge in [0.15, 0.2) is 0 Å². The average Bonchev–Trinajstić information content (AvgIpc) is 3.30. The molecule has 5 rings (SSSR count). The van der Waals surface area contributed by atoms with Crippen molar-refractivity contribution in [1.29, 1.82) is 0 Å². The van der Waals surface area contributed by atoms with Crippen LogP contribution in [-0.4, -0.2) is 58.3 Å². The van der Waals surface area contributed by atoms with Crippen molar-refractivity contribution in [2.75, 3.05) is 26.2 Å². The Morgan fingerprint density at radius 1 is 1.06 bits per heavy atom. The summed E-state index contributed by atoms with van der Waals surface area (Å²) < 4.78 is 5.40. The Hall–Kier alpha value is -2.70. The molecule has 2 fully saturated rings. The van der Waals surface area contributed by atoms with Gasteiger partial charge in [-0.2, -0.15) is 0 Å². The van der Waals surface area contributed by atoms with Crippen LogP contribution in [0, 0.1) is 0 Å². The van der Waals surface area contributed by atoms with Crippen molar-refractivity contribution in [3.8, 4) is 0 Å². The van der Waals surface area contributed by atoms with Gasteiger partial charge in [-0.3, -0.25) is 9.69 Å². The van der Waals surface area contributed by atoms with Gasteiger partial charge in [-0.15, -0.1) is 0 Å². The highest BCUT2D eigenvalue weighted by molar-refractivity contribution is 5.91. The van der Waals surface area contributed by atoms with E-state index in [9.17, 15) is 9.90 Å². The topological polar surface area (TPSA) is 69.8 Å². The number of hydrogen-bond donors (Lipinski definition) is 1. The molecule has 162 valence electrons. The molecule has 1 amide bonds. The van der Waals surface area contributed by atoms with Crippen LogP contribution in [0.5, 0.6) is 0 Å². The number of amides is 1. The molecule has 1 aromatic heterocycles. The highest BCUT2D eigenvalue weighted by atomic mass is 16.5. The second kappa shape index (κ2) is 8.81. The molecule has 0 spiro atoms. The molecule has 0 bridgehead atoms. The minimum Gasteiger partial charge on any atom is -0.391 e. The van der Waals surface area contributed by atoms with Crippen molar-refractivity contribution in [2.45, 2.75) is 44.2 Å². The van der Waals surface area contributed by atoms with E-state index >= 15 is 0 Å². The third kappa shape index (κ3) is 4.36. The minimum atomic E-state index is -0.439. The fourth-order valence-corrected chi connectivity index (χ4v) is 4.94. The number of benzene rings is 2. The molecule has 0 saturated carbocycles. The fourth-order valence-electron chi connectivity index (χ4n) is 4.94. The lowest BCUT2D eigenvalue weighted by molar-refractivity contribution is 0.0441. The van der Waals surface area contributed by atoms with Crippen LogP contribution in [0.25, 0.3) is 10.8 Å². The number of nitrogens with zero attached hydrogens (tertiary/aromatic N) is 3. The largest absolute Gasteiger partial charge is 0.391 e. The van der Waals surface area contributed by atoms with Gasteiger partial charge in [-0.25, -0.2) is 0 Å². The smallest absolute Gasteiger partial charge is 0.292 e. The number of rotatable bonds is 4. The molecule has 6 nitrogen and oxygen atoms in total. The van der Waals surface area contributed by atoms with Gasteiger partial charge in [0.05, 0.1) is 11.8 Å².